The topological polar surface area (TPSA) is 54.4 Å². The van der Waals surface area contributed by atoms with Crippen LogP contribution in [0.5, 0.6) is 0 Å². The molecule has 74 valence electrons. The zero-order valence-electron chi connectivity index (χ0n) is 7.33. The summed E-state index contributed by atoms with van der Waals surface area (Å²) in [5.74, 6) is -2.11. The molecule has 1 aliphatic carbocycles. The van der Waals surface area contributed by atoms with Crippen LogP contribution >= 0.6 is 11.6 Å². The smallest absolute Gasteiger partial charge is 0.315 e. The first-order chi connectivity index (χ1) is 6.13. The fourth-order valence-electron chi connectivity index (χ4n) is 1.95. The first-order valence-electron chi connectivity index (χ1n) is 4.55. The maximum atomic E-state index is 10.9. The maximum absolute atomic E-state index is 10.9. The molecule has 0 bridgehead atoms. The molecular weight excluding hydrogens is 192 g/mol. The fourth-order valence-corrected chi connectivity index (χ4v) is 2.22. The number of carbonyl (C=O) groups is 2. The molecule has 0 spiro atoms. The molecule has 0 radical (unpaired) electrons. The van der Waals surface area contributed by atoms with E-state index >= 15 is 0 Å². The van der Waals surface area contributed by atoms with Crippen LogP contribution in [0.15, 0.2) is 0 Å². The Labute approximate surface area is 82.1 Å². The third kappa shape index (κ3) is 2.69. The van der Waals surface area contributed by atoms with E-state index in [1.54, 1.807) is 0 Å². The van der Waals surface area contributed by atoms with E-state index in [0.717, 1.165) is 32.1 Å². The van der Waals surface area contributed by atoms with E-state index in [4.69, 9.17) is 16.7 Å². The highest BCUT2D eigenvalue weighted by Crippen LogP contribution is 2.31. The van der Waals surface area contributed by atoms with Gasteiger partial charge in [-0.05, 0) is 30.4 Å². The molecule has 0 aromatic carbocycles. The average Bonchev–Trinajstić information content (AvgIpc) is 2.04. The number of hydrogen-bond acceptors (Lipinski definition) is 2. The molecule has 1 fully saturated rings. The molecule has 4 heteroatoms. The van der Waals surface area contributed by atoms with Gasteiger partial charge in [-0.1, -0.05) is 19.3 Å². The van der Waals surface area contributed by atoms with Gasteiger partial charge in [-0.25, -0.2) is 0 Å². The molecule has 1 aliphatic rings. The number of carboxylic acid groups (broad SMARTS) is 1. The normalized spacial score (nSPS) is 21.0. The summed E-state index contributed by atoms with van der Waals surface area (Å²) in [5, 5.41) is 8.07. The van der Waals surface area contributed by atoms with Crippen molar-refractivity contribution in [3.8, 4) is 0 Å². The summed E-state index contributed by atoms with van der Waals surface area (Å²) in [6, 6.07) is 0. The second kappa shape index (κ2) is 4.61. The first kappa shape index (κ1) is 10.5. The van der Waals surface area contributed by atoms with Crippen LogP contribution in [-0.2, 0) is 9.59 Å². The molecule has 3 nitrogen and oxygen atoms in total. The first-order valence-corrected chi connectivity index (χ1v) is 4.93. The molecule has 1 rings (SSSR count). The summed E-state index contributed by atoms with van der Waals surface area (Å²) in [5.41, 5.74) is 0. The summed E-state index contributed by atoms with van der Waals surface area (Å²) in [6.45, 7) is 0. The summed E-state index contributed by atoms with van der Waals surface area (Å²) < 4.78 is 0. The quantitative estimate of drug-likeness (QED) is 0.565. The number of hydrogen-bond donors (Lipinski definition) is 1. The maximum Gasteiger partial charge on any atom is 0.315 e. The van der Waals surface area contributed by atoms with Gasteiger partial charge in [-0.15, -0.1) is 0 Å². The molecule has 0 aliphatic heterocycles. The van der Waals surface area contributed by atoms with Crippen molar-refractivity contribution in [1.82, 2.24) is 0 Å². The molecule has 0 amide bonds. The zero-order valence-corrected chi connectivity index (χ0v) is 8.09. The lowest BCUT2D eigenvalue weighted by molar-refractivity contribution is -0.147. The van der Waals surface area contributed by atoms with Crippen LogP contribution in [0.1, 0.15) is 32.1 Å². The van der Waals surface area contributed by atoms with Gasteiger partial charge in [0.1, 0.15) is 5.92 Å². The largest absolute Gasteiger partial charge is 0.481 e. The van der Waals surface area contributed by atoms with Gasteiger partial charge in [0, 0.05) is 0 Å². The lowest BCUT2D eigenvalue weighted by atomic mass is 9.80. The number of halogens is 1. The summed E-state index contributed by atoms with van der Waals surface area (Å²) in [6.07, 6.45) is 4.79. The highest BCUT2D eigenvalue weighted by molar-refractivity contribution is 6.65. The van der Waals surface area contributed by atoms with Gasteiger partial charge < -0.3 is 5.11 Å². The second-order valence-corrected chi connectivity index (χ2v) is 3.89. The van der Waals surface area contributed by atoms with Gasteiger partial charge in [0.25, 0.3) is 0 Å². The van der Waals surface area contributed by atoms with Crippen molar-refractivity contribution in [2.45, 2.75) is 32.1 Å². The zero-order chi connectivity index (χ0) is 9.84. The molecule has 0 heterocycles. The van der Waals surface area contributed by atoms with E-state index in [1.807, 2.05) is 0 Å². The Morgan fingerprint density at radius 1 is 1.23 bits per heavy atom. The Hall–Kier alpha value is -0.570. The van der Waals surface area contributed by atoms with Crippen molar-refractivity contribution < 1.29 is 14.7 Å². The van der Waals surface area contributed by atoms with Crippen LogP contribution in [0.25, 0.3) is 0 Å². The summed E-state index contributed by atoms with van der Waals surface area (Å²) >= 11 is 5.25. The monoisotopic (exact) mass is 204 g/mol. The molecular formula is C9H13ClO3. The average molecular weight is 205 g/mol. The van der Waals surface area contributed by atoms with Crippen LogP contribution in [-0.4, -0.2) is 16.3 Å². The minimum Gasteiger partial charge on any atom is -0.481 e. The Balaban J connectivity index is 2.62. The van der Waals surface area contributed by atoms with Crippen LogP contribution in [0, 0.1) is 11.8 Å². The molecule has 0 aromatic heterocycles. The van der Waals surface area contributed by atoms with Crippen molar-refractivity contribution >= 4 is 22.8 Å². The molecule has 1 atom stereocenters. The molecule has 13 heavy (non-hydrogen) atoms. The van der Waals surface area contributed by atoms with E-state index in [-0.39, 0.29) is 5.92 Å². The Morgan fingerprint density at radius 2 is 1.77 bits per heavy atom. The summed E-state index contributed by atoms with van der Waals surface area (Å²) in [7, 11) is 0. The minimum atomic E-state index is -1.08. The number of aliphatic carboxylic acids is 1. The van der Waals surface area contributed by atoms with Crippen molar-refractivity contribution in [1.29, 1.82) is 0 Å². The third-order valence-electron chi connectivity index (χ3n) is 2.63. The van der Waals surface area contributed by atoms with Gasteiger partial charge in [0.05, 0.1) is 0 Å². The predicted molar refractivity (Wildman–Crippen MR) is 48.6 cm³/mol. The van der Waals surface area contributed by atoms with Gasteiger partial charge in [0.15, 0.2) is 0 Å². The van der Waals surface area contributed by atoms with E-state index in [1.165, 1.54) is 0 Å². The van der Waals surface area contributed by atoms with Crippen LogP contribution in [0.3, 0.4) is 0 Å². The SMILES string of the molecule is O=C(O)C(C(=O)Cl)C1CCCCC1. The second-order valence-electron chi connectivity index (χ2n) is 3.52. The van der Waals surface area contributed by atoms with E-state index in [9.17, 15) is 9.59 Å². The summed E-state index contributed by atoms with van der Waals surface area (Å²) in [4.78, 5) is 21.6. The highest BCUT2D eigenvalue weighted by atomic mass is 35.5. The van der Waals surface area contributed by atoms with Crippen LogP contribution < -0.4 is 0 Å². The van der Waals surface area contributed by atoms with E-state index in [0.29, 0.717) is 0 Å². The third-order valence-corrected chi connectivity index (χ3v) is 2.87. The Kier molecular flexibility index (Phi) is 3.72. The van der Waals surface area contributed by atoms with Gasteiger partial charge >= 0.3 is 5.97 Å². The van der Waals surface area contributed by atoms with Gasteiger partial charge in [-0.2, -0.15) is 0 Å². The lowest BCUT2D eigenvalue weighted by Crippen LogP contribution is -2.30. The Morgan fingerprint density at radius 3 is 2.15 bits per heavy atom. The Bertz CT molecular complexity index is 195. The molecule has 0 saturated heterocycles. The van der Waals surface area contributed by atoms with Gasteiger partial charge in [-0.3, -0.25) is 9.59 Å². The van der Waals surface area contributed by atoms with Crippen molar-refractivity contribution in [3.63, 3.8) is 0 Å². The molecule has 1 unspecified atom stereocenters. The predicted octanol–water partition coefficient (Wildman–Crippen LogP) is 2.03. The molecule has 0 aromatic rings. The fraction of sp³-hybridized carbons (Fsp3) is 0.778. The van der Waals surface area contributed by atoms with Crippen molar-refractivity contribution in [2.75, 3.05) is 0 Å². The molecule has 1 N–H and O–H groups in total. The van der Waals surface area contributed by atoms with Gasteiger partial charge in [0.2, 0.25) is 5.24 Å². The van der Waals surface area contributed by atoms with Crippen molar-refractivity contribution in [3.05, 3.63) is 0 Å². The highest BCUT2D eigenvalue weighted by Gasteiger charge is 2.34. The number of carboxylic acids is 1. The van der Waals surface area contributed by atoms with Crippen molar-refractivity contribution in [2.24, 2.45) is 11.8 Å². The van der Waals surface area contributed by atoms with E-state index in [2.05, 4.69) is 0 Å². The standard InChI is InChI=1S/C9H13ClO3/c10-8(11)7(9(12)13)6-4-2-1-3-5-6/h6-7H,1-5H2,(H,12,13). The lowest BCUT2D eigenvalue weighted by Gasteiger charge is -2.24. The number of rotatable bonds is 3. The number of carbonyl (C=O) groups excluding carboxylic acids is 1. The molecule has 1 saturated carbocycles. The minimum absolute atomic E-state index is 0.0451. The van der Waals surface area contributed by atoms with Crippen LogP contribution in [0.4, 0.5) is 0 Å². The van der Waals surface area contributed by atoms with Crippen LogP contribution in [0.2, 0.25) is 0 Å². The van der Waals surface area contributed by atoms with E-state index < -0.39 is 17.1 Å².